The Balaban J connectivity index is 1.43. The Bertz CT molecular complexity index is 1480. The molecule has 49 heavy (non-hydrogen) atoms. The van der Waals surface area contributed by atoms with Crippen molar-refractivity contribution >= 4 is 26.6 Å². The number of allylic oxidation sites excluding steroid dienone is 2. The lowest BCUT2D eigenvalue weighted by Crippen LogP contribution is -2.61. The van der Waals surface area contributed by atoms with E-state index in [-0.39, 0.29) is 53.1 Å². The Morgan fingerprint density at radius 1 is 0.980 bits per heavy atom. The molecule has 0 aromatic rings. The van der Waals surface area contributed by atoms with Crippen LogP contribution in [0.1, 0.15) is 92.9 Å². The van der Waals surface area contributed by atoms with Crippen molar-refractivity contribution in [3.05, 3.63) is 11.6 Å². The van der Waals surface area contributed by atoms with Gasteiger partial charge in [0, 0.05) is 6.42 Å². The van der Waals surface area contributed by atoms with E-state index < -0.39 is 75.2 Å². The van der Waals surface area contributed by atoms with Crippen LogP contribution in [0.15, 0.2) is 11.6 Å². The van der Waals surface area contributed by atoms with E-state index in [4.69, 9.17) is 13.7 Å². The summed E-state index contributed by atoms with van der Waals surface area (Å²) < 4.78 is 86.8. The van der Waals surface area contributed by atoms with Crippen molar-refractivity contribution in [2.45, 2.75) is 142 Å². The predicted octanol–water partition coefficient (Wildman–Crippen LogP) is 3.02. The lowest BCUT2D eigenvalue weighted by Gasteiger charge is -2.59. The first kappa shape index (κ1) is 39.2. The number of hydrogen-bond acceptors (Lipinski definition) is 12. The number of hydrogen-bond donors (Lipinski definition) is 5. The Hall–Kier alpha value is -1.05. The van der Waals surface area contributed by atoms with Gasteiger partial charge in [0.2, 0.25) is 0 Å². The fraction of sp³-hybridized carbons (Fsp3) is 0.909. The molecule has 5 N–H and O–H groups in total. The highest BCUT2D eigenvalue weighted by molar-refractivity contribution is 7.81. The topological polar surface area (TPSA) is 223 Å². The Labute approximate surface area is 289 Å². The van der Waals surface area contributed by atoms with Crippen LogP contribution < -0.4 is 0 Å². The molecule has 5 rings (SSSR count). The molecule has 1 saturated heterocycles. The van der Waals surface area contributed by atoms with Gasteiger partial charge in [-0.3, -0.25) is 13.9 Å². The molecule has 5 aliphatic rings. The first-order valence-corrected chi connectivity index (χ1v) is 20.2. The van der Waals surface area contributed by atoms with Crippen LogP contribution >= 0.6 is 0 Å². The second kappa shape index (κ2) is 14.1. The van der Waals surface area contributed by atoms with Gasteiger partial charge in [0.25, 0.3) is 0 Å². The lowest BCUT2D eigenvalue weighted by atomic mass is 9.47. The molecule has 16 heteroatoms. The fourth-order valence-electron chi connectivity index (χ4n) is 10.4. The first-order chi connectivity index (χ1) is 22.6. The van der Waals surface area contributed by atoms with Gasteiger partial charge in [-0.1, -0.05) is 46.3 Å². The minimum atomic E-state index is -4.97. The number of aliphatic hydroxyl groups is 3. The molecule has 0 radical (unpaired) electrons. The van der Waals surface area contributed by atoms with Gasteiger partial charge in [0.15, 0.2) is 12.1 Å². The predicted molar refractivity (Wildman–Crippen MR) is 174 cm³/mol. The monoisotopic (exact) mass is 738 g/mol. The maximum atomic E-state index is 12.9. The number of carbonyl (C=O) groups excluding carboxylic acids is 1. The zero-order valence-electron chi connectivity index (χ0n) is 29.0. The van der Waals surface area contributed by atoms with Gasteiger partial charge >= 0.3 is 20.8 Å². The van der Waals surface area contributed by atoms with Crippen molar-refractivity contribution in [2.24, 2.45) is 46.3 Å². The second-order valence-corrected chi connectivity index (χ2v) is 18.2. The van der Waals surface area contributed by atoms with E-state index in [1.54, 1.807) is 0 Å². The largest absolute Gasteiger partial charge is 0.397 e. The van der Waals surface area contributed by atoms with E-state index in [0.29, 0.717) is 25.7 Å². The summed E-state index contributed by atoms with van der Waals surface area (Å²) in [4.78, 5) is 12.9. The second-order valence-electron chi connectivity index (χ2n) is 16.1. The summed E-state index contributed by atoms with van der Waals surface area (Å²) >= 11 is 0. The lowest BCUT2D eigenvalue weighted by molar-refractivity contribution is -0.312. The molecule has 15 unspecified atom stereocenters. The summed E-state index contributed by atoms with van der Waals surface area (Å²) in [7, 11) is -9.69. The molecule has 4 aliphatic carbocycles. The van der Waals surface area contributed by atoms with E-state index in [0.717, 1.165) is 19.3 Å². The summed E-state index contributed by atoms with van der Waals surface area (Å²) in [6.45, 7) is 11.6. The van der Waals surface area contributed by atoms with E-state index in [1.165, 1.54) is 12.5 Å². The van der Waals surface area contributed by atoms with E-state index in [9.17, 15) is 46.1 Å². The summed E-state index contributed by atoms with van der Waals surface area (Å²) in [5.41, 5.74) is 0.668. The third-order valence-electron chi connectivity index (χ3n) is 12.8. The molecule has 3 saturated carbocycles. The minimum absolute atomic E-state index is 0.0527. The zero-order valence-corrected chi connectivity index (χ0v) is 30.7. The van der Waals surface area contributed by atoms with Crippen molar-refractivity contribution in [1.29, 1.82) is 0 Å². The van der Waals surface area contributed by atoms with E-state index in [1.807, 2.05) is 13.8 Å². The van der Waals surface area contributed by atoms with Crippen molar-refractivity contribution in [1.82, 2.24) is 0 Å². The van der Waals surface area contributed by atoms with Crippen LogP contribution in [0.3, 0.4) is 0 Å². The van der Waals surface area contributed by atoms with Gasteiger partial charge in [-0.15, -0.1) is 0 Å². The number of rotatable bonds is 11. The average molecular weight is 739 g/mol. The summed E-state index contributed by atoms with van der Waals surface area (Å²) in [6, 6.07) is 0. The maximum Gasteiger partial charge on any atom is 0.397 e. The number of fused-ring (bicyclic) bond motifs is 5. The molecule has 0 amide bonds. The van der Waals surface area contributed by atoms with Crippen molar-refractivity contribution < 1.29 is 63.9 Å². The van der Waals surface area contributed by atoms with Gasteiger partial charge in [-0.2, -0.15) is 16.8 Å². The molecular formula is C33H54O14S2. The van der Waals surface area contributed by atoms with Crippen LogP contribution in [-0.2, 0) is 43.4 Å². The highest BCUT2D eigenvalue weighted by Gasteiger charge is 2.61. The van der Waals surface area contributed by atoms with Crippen molar-refractivity contribution in [3.63, 3.8) is 0 Å². The summed E-state index contributed by atoms with van der Waals surface area (Å²) in [5.74, 6) is -0.0488. The van der Waals surface area contributed by atoms with Crippen LogP contribution in [0.2, 0.25) is 0 Å². The number of Topliss-reactive ketones (excluding diaryl/α,β-unsaturated/α-hetero) is 1. The van der Waals surface area contributed by atoms with Gasteiger partial charge in [-0.25, -0.2) is 8.37 Å². The molecule has 1 aliphatic heterocycles. The van der Waals surface area contributed by atoms with Gasteiger partial charge in [0.1, 0.15) is 24.4 Å². The molecule has 0 aromatic heterocycles. The molecule has 1 heterocycles. The van der Waals surface area contributed by atoms with Crippen LogP contribution in [0.4, 0.5) is 0 Å². The van der Waals surface area contributed by atoms with Crippen molar-refractivity contribution in [3.8, 4) is 0 Å². The molecule has 0 aromatic carbocycles. The molecule has 282 valence electrons. The van der Waals surface area contributed by atoms with E-state index in [2.05, 4.69) is 31.0 Å². The molecule has 0 spiro atoms. The van der Waals surface area contributed by atoms with Crippen LogP contribution in [0.5, 0.6) is 0 Å². The third-order valence-corrected chi connectivity index (χ3v) is 13.8. The standard InChI is InChI=1S/C33H54O14S2/c1-16(2)27(35)25(34)13-17(3)21-7-8-22-20-15-26(45-31-29(37)28(36)30(18(4)44-31)47-49(41,42)43)24-14-19(46-48(38,39)40)9-11-33(24,6)23(20)10-12-32(21,22)5/h10,16-22,24,26-31,35-37H,7-9,11-15H2,1-6H3,(H,38,39,40)(H,41,42,43). The number of carbonyl (C=O) groups is 1. The Morgan fingerprint density at radius 2 is 1.63 bits per heavy atom. The fourth-order valence-corrected chi connectivity index (χ4v) is 11.5. The van der Waals surface area contributed by atoms with Gasteiger partial charge < -0.3 is 24.8 Å². The Kier molecular flexibility index (Phi) is 11.2. The highest BCUT2D eigenvalue weighted by Crippen LogP contribution is 2.67. The van der Waals surface area contributed by atoms with Crippen LogP contribution in [-0.4, -0.2) is 96.1 Å². The SMILES string of the molecule is CC(C)C(O)C(=O)CC(C)C1CCC2C3CC(OC4OC(C)C(OS(=O)(=O)O)C(O)C4O)C4CC(OS(=O)(=O)O)CCC4(C)C3=CCC12C. The quantitative estimate of drug-likeness (QED) is 0.152. The smallest absolute Gasteiger partial charge is 0.387 e. The van der Waals surface area contributed by atoms with Crippen LogP contribution in [0, 0.1) is 46.3 Å². The number of ether oxygens (including phenoxy) is 2. The zero-order chi connectivity index (χ0) is 36.4. The van der Waals surface area contributed by atoms with Gasteiger partial charge in [-0.05, 0) is 98.2 Å². The highest BCUT2D eigenvalue weighted by atomic mass is 32.3. The van der Waals surface area contributed by atoms with E-state index >= 15 is 0 Å². The van der Waals surface area contributed by atoms with Gasteiger partial charge in [0.05, 0.1) is 18.3 Å². The molecule has 0 bridgehead atoms. The van der Waals surface area contributed by atoms with Crippen LogP contribution in [0.25, 0.3) is 0 Å². The first-order valence-electron chi connectivity index (χ1n) is 17.5. The number of ketones is 1. The molecular weight excluding hydrogens is 684 g/mol. The average Bonchev–Trinajstić information content (AvgIpc) is 3.34. The third kappa shape index (κ3) is 7.85. The molecule has 15 atom stereocenters. The molecule has 4 fully saturated rings. The Morgan fingerprint density at radius 3 is 2.24 bits per heavy atom. The maximum absolute atomic E-state index is 12.9. The number of aliphatic hydroxyl groups excluding tert-OH is 3. The summed E-state index contributed by atoms with van der Waals surface area (Å²) in [5, 5.41) is 32.3. The minimum Gasteiger partial charge on any atom is -0.387 e. The normalized spacial score (nSPS) is 44.0. The van der Waals surface area contributed by atoms with Crippen molar-refractivity contribution in [2.75, 3.05) is 0 Å². The summed E-state index contributed by atoms with van der Waals surface area (Å²) in [6.07, 6.45) is -3.17. The molecule has 14 nitrogen and oxygen atoms in total.